The predicted octanol–water partition coefficient (Wildman–Crippen LogP) is 4.81. The minimum absolute atomic E-state index is 0.0508. The Morgan fingerprint density at radius 1 is 1.09 bits per heavy atom. The molecule has 2 aromatic rings. The molecule has 0 bridgehead atoms. The van der Waals surface area contributed by atoms with Gasteiger partial charge in [-0.15, -0.1) is 0 Å². The number of benzene rings is 1. The quantitative estimate of drug-likeness (QED) is 0.884. The molecular formula is C20H29N3. The average Bonchev–Trinajstić information content (AvgIpc) is 3.01. The van der Waals surface area contributed by atoms with E-state index in [1.807, 2.05) is 0 Å². The van der Waals surface area contributed by atoms with Gasteiger partial charge in [-0.25, -0.2) is 0 Å². The lowest BCUT2D eigenvalue weighted by Gasteiger charge is -2.24. The smallest absolute Gasteiger partial charge is 0.0767 e. The third kappa shape index (κ3) is 3.50. The van der Waals surface area contributed by atoms with Crippen molar-refractivity contribution in [2.75, 3.05) is 0 Å². The molecule has 1 aromatic carbocycles. The highest BCUT2D eigenvalue weighted by atomic mass is 15.3. The average molecular weight is 311 g/mol. The molecule has 0 atom stereocenters. The van der Waals surface area contributed by atoms with Gasteiger partial charge in [0, 0.05) is 6.54 Å². The zero-order chi connectivity index (χ0) is 16.4. The van der Waals surface area contributed by atoms with Gasteiger partial charge in [0.25, 0.3) is 0 Å². The summed E-state index contributed by atoms with van der Waals surface area (Å²) in [6, 6.07) is 11.3. The molecule has 3 rings (SSSR count). The Hall–Kier alpha value is -1.61. The molecule has 124 valence electrons. The second-order valence-electron chi connectivity index (χ2n) is 7.76. The molecule has 0 spiro atoms. The second kappa shape index (κ2) is 6.48. The van der Waals surface area contributed by atoms with E-state index in [9.17, 15) is 0 Å². The van der Waals surface area contributed by atoms with Crippen LogP contribution in [0.1, 0.15) is 70.1 Å². The van der Waals surface area contributed by atoms with Crippen LogP contribution in [-0.4, -0.2) is 9.78 Å². The third-order valence-electron chi connectivity index (χ3n) is 4.89. The second-order valence-corrected chi connectivity index (χ2v) is 7.76. The van der Waals surface area contributed by atoms with Crippen molar-refractivity contribution in [2.24, 2.45) is 5.73 Å². The van der Waals surface area contributed by atoms with Crippen LogP contribution in [0.3, 0.4) is 0 Å². The zero-order valence-corrected chi connectivity index (χ0v) is 14.7. The van der Waals surface area contributed by atoms with Gasteiger partial charge in [-0.05, 0) is 56.7 Å². The summed E-state index contributed by atoms with van der Waals surface area (Å²) in [5, 5.41) is 4.68. The van der Waals surface area contributed by atoms with Gasteiger partial charge in [0.2, 0.25) is 0 Å². The van der Waals surface area contributed by atoms with Gasteiger partial charge in [-0.2, -0.15) is 5.10 Å². The zero-order valence-electron chi connectivity index (χ0n) is 14.7. The number of hydrogen-bond donors (Lipinski definition) is 1. The summed E-state index contributed by atoms with van der Waals surface area (Å²) in [4.78, 5) is 0. The molecule has 3 heteroatoms. The predicted molar refractivity (Wildman–Crippen MR) is 96.4 cm³/mol. The molecule has 1 aliphatic rings. The Morgan fingerprint density at radius 2 is 1.74 bits per heavy atom. The number of hydrogen-bond acceptors (Lipinski definition) is 2. The maximum atomic E-state index is 5.80. The summed E-state index contributed by atoms with van der Waals surface area (Å²) >= 11 is 0. The van der Waals surface area contributed by atoms with Crippen LogP contribution in [0.4, 0.5) is 0 Å². The lowest BCUT2D eigenvalue weighted by atomic mass is 9.84. The van der Waals surface area contributed by atoms with Gasteiger partial charge in [0.1, 0.15) is 0 Å². The summed E-state index contributed by atoms with van der Waals surface area (Å²) in [5.41, 5.74) is 10.6. The van der Waals surface area contributed by atoms with Crippen molar-refractivity contribution in [3.8, 4) is 11.3 Å². The molecule has 0 unspecified atom stereocenters. The molecule has 0 radical (unpaired) electrons. The summed E-state index contributed by atoms with van der Waals surface area (Å²) < 4.78 is 2.10. The van der Waals surface area contributed by atoms with E-state index in [-0.39, 0.29) is 5.54 Å². The van der Waals surface area contributed by atoms with E-state index in [0.717, 1.165) is 17.3 Å². The largest absolute Gasteiger partial charge is 0.325 e. The minimum Gasteiger partial charge on any atom is -0.325 e. The molecule has 1 aromatic heterocycles. The Morgan fingerprint density at radius 3 is 2.30 bits per heavy atom. The Kier molecular flexibility index (Phi) is 4.58. The minimum atomic E-state index is -0.0508. The van der Waals surface area contributed by atoms with Crippen LogP contribution in [0.25, 0.3) is 11.3 Å². The summed E-state index contributed by atoms with van der Waals surface area (Å²) in [6.07, 6.45) is 6.85. The van der Waals surface area contributed by atoms with Crippen LogP contribution in [0, 0.1) is 0 Å². The van der Waals surface area contributed by atoms with E-state index in [2.05, 4.69) is 60.9 Å². The van der Waals surface area contributed by atoms with Gasteiger partial charge in [0.15, 0.2) is 0 Å². The van der Waals surface area contributed by atoms with E-state index in [0.29, 0.717) is 6.54 Å². The van der Waals surface area contributed by atoms with E-state index in [1.165, 1.54) is 43.2 Å². The van der Waals surface area contributed by atoms with E-state index in [4.69, 9.17) is 5.73 Å². The monoisotopic (exact) mass is 311 g/mol. The van der Waals surface area contributed by atoms with Gasteiger partial charge < -0.3 is 5.73 Å². The first-order valence-electron chi connectivity index (χ1n) is 8.89. The number of rotatable bonds is 3. The lowest BCUT2D eigenvalue weighted by molar-refractivity contribution is 0.357. The number of nitrogens with zero attached hydrogens (tertiary/aromatic N) is 2. The fraction of sp³-hybridized carbons (Fsp3) is 0.550. The molecule has 1 aliphatic carbocycles. The van der Waals surface area contributed by atoms with Crippen molar-refractivity contribution in [1.82, 2.24) is 9.78 Å². The number of nitrogens with two attached hydrogens (primary N) is 1. The van der Waals surface area contributed by atoms with Gasteiger partial charge in [-0.3, -0.25) is 4.68 Å². The molecule has 1 saturated carbocycles. The first kappa shape index (κ1) is 16.3. The van der Waals surface area contributed by atoms with Crippen LogP contribution in [-0.2, 0) is 12.1 Å². The molecule has 3 nitrogen and oxygen atoms in total. The lowest BCUT2D eigenvalue weighted by Crippen LogP contribution is -2.24. The maximum absolute atomic E-state index is 5.80. The Bertz CT molecular complexity index is 641. The highest BCUT2D eigenvalue weighted by Crippen LogP contribution is 2.34. The standard InChI is InChI=1S/C20H29N3/c1-20(2,3)23-19(13-18(14-21)22-23)17-11-9-16(10-12-17)15-7-5-4-6-8-15/h9-13,15H,4-8,14,21H2,1-3H3. The Balaban J connectivity index is 1.91. The molecule has 1 fully saturated rings. The van der Waals surface area contributed by atoms with Crippen molar-refractivity contribution in [1.29, 1.82) is 0 Å². The van der Waals surface area contributed by atoms with Crippen molar-refractivity contribution in [3.63, 3.8) is 0 Å². The summed E-state index contributed by atoms with van der Waals surface area (Å²) in [7, 11) is 0. The highest BCUT2D eigenvalue weighted by Gasteiger charge is 2.21. The molecule has 0 amide bonds. The maximum Gasteiger partial charge on any atom is 0.0767 e. The first-order valence-corrected chi connectivity index (χ1v) is 8.89. The van der Waals surface area contributed by atoms with E-state index < -0.39 is 0 Å². The SMILES string of the molecule is CC(C)(C)n1nc(CN)cc1-c1ccc(C2CCCCC2)cc1. The van der Waals surface area contributed by atoms with E-state index >= 15 is 0 Å². The van der Waals surface area contributed by atoms with Gasteiger partial charge in [-0.1, -0.05) is 43.5 Å². The fourth-order valence-corrected chi connectivity index (χ4v) is 3.61. The Labute approximate surface area is 139 Å². The normalized spacial score (nSPS) is 16.7. The molecular weight excluding hydrogens is 282 g/mol. The van der Waals surface area contributed by atoms with Crippen molar-refractivity contribution in [3.05, 3.63) is 41.6 Å². The first-order chi connectivity index (χ1) is 11.0. The summed E-state index contributed by atoms with van der Waals surface area (Å²) in [5.74, 6) is 0.755. The van der Waals surface area contributed by atoms with Crippen LogP contribution >= 0.6 is 0 Å². The topological polar surface area (TPSA) is 43.8 Å². The van der Waals surface area contributed by atoms with Gasteiger partial charge >= 0.3 is 0 Å². The molecule has 2 N–H and O–H groups in total. The molecule has 0 aliphatic heterocycles. The van der Waals surface area contributed by atoms with Crippen LogP contribution in [0.2, 0.25) is 0 Å². The van der Waals surface area contributed by atoms with Crippen molar-refractivity contribution in [2.45, 2.75) is 70.9 Å². The molecule has 1 heterocycles. The molecule has 0 saturated heterocycles. The number of aromatic nitrogens is 2. The summed E-state index contributed by atoms with van der Waals surface area (Å²) in [6.45, 7) is 7.02. The van der Waals surface area contributed by atoms with Gasteiger partial charge in [0.05, 0.1) is 16.9 Å². The fourth-order valence-electron chi connectivity index (χ4n) is 3.61. The van der Waals surface area contributed by atoms with Crippen LogP contribution < -0.4 is 5.73 Å². The van der Waals surface area contributed by atoms with E-state index in [1.54, 1.807) is 0 Å². The van der Waals surface area contributed by atoms with Crippen molar-refractivity contribution < 1.29 is 0 Å². The third-order valence-corrected chi connectivity index (χ3v) is 4.89. The molecule has 23 heavy (non-hydrogen) atoms. The van der Waals surface area contributed by atoms with Crippen LogP contribution in [0.5, 0.6) is 0 Å². The van der Waals surface area contributed by atoms with Crippen LogP contribution in [0.15, 0.2) is 30.3 Å². The highest BCUT2D eigenvalue weighted by molar-refractivity contribution is 5.61. The van der Waals surface area contributed by atoms with Crippen molar-refractivity contribution >= 4 is 0 Å².